The second kappa shape index (κ2) is 6.89. The lowest BCUT2D eigenvalue weighted by atomic mass is 10.1. The van der Waals surface area contributed by atoms with Crippen LogP contribution in [-0.2, 0) is 6.54 Å². The second-order valence-corrected chi connectivity index (χ2v) is 5.63. The average molecular weight is 290 g/mol. The molecule has 0 aliphatic rings. The molecule has 2 nitrogen and oxygen atoms in total. The van der Waals surface area contributed by atoms with Crippen molar-refractivity contribution in [2.45, 2.75) is 19.6 Å². The van der Waals surface area contributed by atoms with Crippen LogP contribution >= 0.6 is 11.6 Å². The SMILES string of the molecule is Cc1ccc(Cl)c(C(O)CN(C)Cc2ccccc2)c1. The van der Waals surface area contributed by atoms with E-state index in [0.717, 1.165) is 17.7 Å². The van der Waals surface area contributed by atoms with Crippen molar-refractivity contribution in [3.05, 3.63) is 70.2 Å². The zero-order valence-corrected chi connectivity index (χ0v) is 12.6. The fraction of sp³-hybridized carbons (Fsp3) is 0.294. The zero-order valence-electron chi connectivity index (χ0n) is 11.9. The van der Waals surface area contributed by atoms with Crippen LogP contribution in [0.15, 0.2) is 48.5 Å². The van der Waals surface area contributed by atoms with Gasteiger partial charge in [-0.25, -0.2) is 0 Å². The number of hydrogen-bond donors (Lipinski definition) is 1. The second-order valence-electron chi connectivity index (χ2n) is 5.22. The van der Waals surface area contributed by atoms with Crippen molar-refractivity contribution in [2.24, 2.45) is 0 Å². The van der Waals surface area contributed by atoms with Gasteiger partial charge in [-0.2, -0.15) is 0 Å². The van der Waals surface area contributed by atoms with Crippen molar-refractivity contribution in [3.8, 4) is 0 Å². The van der Waals surface area contributed by atoms with E-state index in [1.54, 1.807) is 0 Å². The summed E-state index contributed by atoms with van der Waals surface area (Å²) in [5, 5.41) is 11.0. The van der Waals surface area contributed by atoms with Gasteiger partial charge in [0.1, 0.15) is 0 Å². The van der Waals surface area contributed by atoms with Crippen molar-refractivity contribution in [2.75, 3.05) is 13.6 Å². The molecule has 0 aromatic heterocycles. The average Bonchev–Trinajstić information content (AvgIpc) is 2.42. The number of rotatable bonds is 5. The summed E-state index contributed by atoms with van der Waals surface area (Å²) >= 11 is 6.16. The number of benzene rings is 2. The first-order chi connectivity index (χ1) is 9.56. The lowest BCUT2D eigenvalue weighted by Gasteiger charge is -2.21. The summed E-state index contributed by atoms with van der Waals surface area (Å²) in [4.78, 5) is 2.10. The Bertz CT molecular complexity index is 556. The Morgan fingerprint density at radius 3 is 2.55 bits per heavy atom. The molecular formula is C17H20ClNO. The van der Waals surface area contributed by atoms with Crippen LogP contribution in [0.5, 0.6) is 0 Å². The first-order valence-electron chi connectivity index (χ1n) is 6.73. The fourth-order valence-corrected chi connectivity index (χ4v) is 2.52. The van der Waals surface area contributed by atoms with E-state index in [1.165, 1.54) is 5.56 Å². The maximum absolute atomic E-state index is 10.3. The van der Waals surface area contributed by atoms with Crippen molar-refractivity contribution in [1.29, 1.82) is 0 Å². The molecule has 0 radical (unpaired) electrons. The van der Waals surface area contributed by atoms with E-state index in [1.807, 2.05) is 50.4 Å². The summed E-state index contributed by atoms with van der Waals surface area (Å²) in [6.45, 7) is 3.36. The van der Waals surface area contributed by atoms with Crippen LogP contribution in [0.1, 0.15) is 22.8 Å². The molecular weight excluding hydrogens is 270 g/mol. The predicted molar refractivity (Wildman–Crippen MR) is 83.9 cm³/mol. The Hall–Kier alpha value is -1.35. The minimum Gasteiger partial charge on any atom is -0.387 e. The van der Waals surface area contributed by atoms with Gasteiger partial charge in [-0.3, -0.25) is 4.90 Å². The van der Waals surface area contributed by atoms with E-state index in [0.29, 0.717) is 11.6 Å². The molecule has 1 atom stereocenters. The van der Waals surface area contributed by atoms with Crippen molar-refractivity contribution >= 4 is 11.6 Å². The van der Waals surface area contributed by atoms with Gasteiger partial charge >= 0.3 is 0 Å². The minimum atomic E-state index is -0.573. The van der Waals surface area contributed by atoms with Crippen LogP contribution < -0.4 is 0 Å². The van der Waals surface area contributed by atoms with E-state index in [4.69, 9.17) is 11.6 Å². The fourth-order valence-electron chi connectivity index (χ4n) is 2.27. The largest absolute Gasteiger partial charge is 0.387 e. The third-order valence-corrected chi connectivity index (χ3v) is 3.63. The number of nitrogens with zero attached hydrogens (tertiary/aromatic N) is 1. The highest BCUT2D eigenvalue weighted by atomic mass is 35.5. The van der Waals surface area contributed by atoms with Gasteiger partial charge in [-0.1, -0.05) is 59.6 Å². The van der Waals surface area contributed by atoms with Crippen molar-refractivity contribution < 1.29 is 5.11 Å². The lowest BCUT2D eigenvalue weighted by molar-refractivity contribution is 0.124. The Kier molecular flexibility index (Phi) is 5.18. The summed E-state index contributed by atoms with van der Waals surface area (Å²) in [6.07, 6.45) is -0.573. The molecule has 0 heterocycles. The van der Waals surface area contributed by atoms with Crippen molar-refractivity contribution in [3.63, 3.8) is 0 Å². The van der Waals surface area contributed by atoms with Gasteiger partial charge in [-0.05, 0) is 25.6 Å². The molecule has 0 saturated heterocycles. The molecule has 0 fully saturated rings. The highest BCUT2D eigenvalue weighted by Crippen LogP contribution is 2.25. The molecule has 0 spiro atoms. The van der Waals surface area contributed by atoms with Crippen LogP contribution in [-0.4, -0.2) is 23.6 Å². The maximum Gasteiger partial charge on any atom is 0.0931 e. The molecule has 0 bridgehead atoms. The van der Waals surface area contributed by atoms with Crippen LogP contribution in [0.25, 0.3) is 0 Å². The monoisotopic (exact) mass is 289 g/mol. The smallest absolute Gasteiger partial charge is 0.0931 e. The van der Waals surface area contributed by atoms with Gasteiger partial charge in [0.15, 0.2) is 0 Å². The summed E-state index contributed by atoms with van der Waals surface area (Å²) in [7, 11) is 2.00. The number of likely N-dealkylation sites (N-methyl/N-ethyl adjacent to an activating group) is 1. The maximum atomic E-state index is 10.3. The van der Waals surface area contributed by atoms with Crippen LogP contribution in [0, 0.1) is 6.92 Å². The zero-order chi connectivity index (χ0) is 14.5. The van der Waals surface area contributed by atoms with E-state index in [2.05, 4.69) is 17.0 Å². The lowest BCUT2D eigenvalue weighted by Crippen LogP contribution is -2.24. The molecule has 20 heavy (non-hydrogen) atoms. The Morgan fingerprint density at radius 2 is 1.85 bits per heavy atom. The van der Waals surface area contributed by atoms with E-state index in [9.17, 15) is 5.11 Å². The predicted octanol–water partition coefficient (Wildman–Crippen LogP) is 3.81. The Labute approximate surface area is 125 Å². The molecule has 0 aliphatic heterocycles. The van der Waals surface area contributed by atoms with Gasteiger partial charge in [0.2, 0.25) is 0 Å². The van der Waals surface area contributed by atoms with Gasteiger partial charge < -0.3 is 5.11 Å². The number of hydrogen-bond acceptors (Lipinski definition) is 2. The summed E-state index contributed by atoms with van der Waals surface area (Å²) < 4.78 is 0. The number of halogens is 1. The normalized spacial score (nSPS) is 12.7. The standard InChI is InChI=1S/C17H20ClNO/c1-13-8-9-16(18)15(10-13)17(20)12-19(2)11-14-6-4-3-5-7-14/h3-10,17,20H,11-12H2,1-2H3. The van der Waals surface area contributed by atoms with E-state index in [-0.39, 0.29) is 0 Å². The highest BCUT2D eigenvalue weighted by molar-refractivity contribution is 6.31. The number of aliphatic hydroxyl groups is 1. The molecule has 2 aromatic rings. The van der Waals surface area contributed by atoms with Crippen LogP contribution in [0.3, 0.4) is 0 Å². The molecule has 1 N–H and O–H groups in total. The summed E-state index contributed by atoms with van der Waals surface area (Å²) in [6, 6.07) is 16.0. The molecule has 106 valence electrons. The summed E-state index contributed by atoms with van der Waals surface area (Å²) in [5.41, 5.74) is 3.14. The topological polar surface area (TPSA) is 23.5 Å². The first kappa shape index (κ1) is 15.0. The quantitative estimate of drug-likeness (QED) is 0.905. The minimum absolute atomic E-state index is 0.554. The number of aliphatic hydroxyl groups excluding tert-OH is 1. The van der Waals surface area contributed by atoms with Crippen LogP contribution in [0.2, 0.25) is 5.02 Å². The molecule has 0 saturated carbocycles. The van der Waals surface area contributed by atoms with E-state index >= 15 is 0 Å². The molecule has 2 aromatic carbocycles. The first-order valence-corrected chi connectivity index (χ1v) is 7.10. The molecule has 2 rings (SSSR count). The molecule has 0 amide bonds. The van der Waals surface area contributed by atoms with Gasteiger partial charge in [0, 0.05) is 23.7 Å². The molecule has 3 heteroatoms. The van der Waals surface area contributed by atoms with E-state index < -0.39 is 6.10 Å². The van der Waals surface area contributed by atoms with Gasteiger partial charge in [-0.15, -0.1) is 0 Å². The van der Waals surface area contributed by atoms with Gasteiger partial charge in [0.05, 0.1) is 6.10 Å². The molecule has 0 aliphatic carbocycles. The number of aryl methyl sites for hydroxylation is 1. The van der Waals surface area contributed by atoms with Gasteiger partial charge in [0.25, 0.3) is 0 Å². The Balaban J connectivity index is 2.00. The Morgan fingerprint density at radius 1 is 1.15 bits per heavy atom. The third kappa shape index (κ3) is 4.07. The highest BCUT2D eigenvalue weighted by Gasteiger charge is 2.14. The molecule has 1 unspecified atom stereocenters. The summed E-state index contributed by atoms with van der Waals surface area (Å²) in [5.74, 6) is 0. The van der Waals surface area contributed by atoms with Crippen molar-refractivity contribution in [1.82, 2.24) is 4.90 Å². The van der Waals surface area contributed by atoms with Crippen LogP contribution in [0.4, 0.5) is 0 Å². The third-order valence-electron chi connectivity index (χ3n) is 3.29.